The number of hydrogen-bond acceptors (Lipinski definition) is 1. The lowest BCUT2D eigenvalue weighted by Crippen LogP contribution is -2.21. The van der Waals surface area contributed by atoms with Crippen LogP contribution in [0.1, 0.15) is 25.0 Å². The number of aryl methyl sites for hydroxylation is 1. The molecular weight excluding hydrogens is 164 g/mol. The maximum atomic E-state index is 5.21. The van der Waals surface area contributed by atoms with Crippen LogP contribution >= 0.6 is 0 Å². The van der Waals surface area contributed by atoms with E-state index in [1.165, 1.54) is 11.1 Å². The quantitative estimate of drug-likeness (QED) is 0.630. The molecule has 12 heavy (non-hydrogen) atoms. The molecule has 0 unspecified atom stereocenters. The molecule has 0 aromatic heterocycles. The molecule has 0 aliphatic heterocycles. The van der Waals surface area contributed by atoms with Gasteiger partial charge in [-0.1, -0.05) is 24.3 Å². The minimum absolute atomic E-state index is 0.262. The van der Waals surface area contributed by atoms with Crippen molar-refractivity contribution in [1.29, 1.82) is 0 Å². The Bertz CT molecular complexity index is 268. The second-order valence-corrected chi connectivity index (χ2v) is 3.63. The predicted octanol–water partition coefficient (Wildman–Crippen LogP) is 2.33. The van der Waals surface area contributed by atoms with Gasteiger partial charge in [-0.05, 0) is 31.9 Å². The molecule has 0 bridgehead atoms. The van der Waals surface area contributed by atoms with Crippen molar-refractivity contribution in [3.63, 3.8) is 0 Å². The third-order valence-electron chi connectivity index (χ3n) is 2.05. The molecule has 0 amide bonds. The summed E-state index contributed by atoms with van der Waals surface area (Å²) in [6.45, 7) is 6.15. The first-order chi connectivity index (χ1) is 5.58. The van der Waals surface area contributed by atoms with Gasteiger partial charge in [-0.3, -0.25) is 0 Å². The molecule has 0 saturated heterocycles. The maximum absolute atomic E-state index is 5.21. The lowest BCUT2D eigenvalue weighted by atomic mass is 9.94. The predicted molar refractivity (Wildman–Crippen MR) is 51.0 cm³/mol. The molecule has 1 aromatic rings. The van der Waals surface area contributed by atoms with Crippen molar-refractivity contribution < 1.29 is 4.43 Å². The molecule has 0 atom stereocenters. The van der Waals surface area contributed by atoms with Crippen LogP contribution < -0.4 is 0 Å². The van der Waals surface area contributed by atoms with Gasteiger partial charge >= 0.3 is 0 Å². The summed E-state index contributed by atoms with van der Waals surface area (Å²) in [4.78, 5) is 0. The Labute approximate surface area is 77.3 Å². The minimum atomic E-state index is -0.262. The highest BCUT2D eigenvalue weighted by Crippen LogP contribution is 2.25. The average Bonchev–Trinajstić information content (AvgIpc) is 2.05. The third-order valence-corrected chi connectivity index (χ3v) is 2.56. The van der Waals surface area contributed by atoms with E-state index in [2.05, 4.69) is 29.5 Å². The molecule has 0 spiro atoms. The number of benzene rings is 1. The van der Waals surface area contributed by atoms with Crippen LogP contribution in [-0.4, -0.2) is 10.5 Å². The van der Waals surface area contributed by atoms with Crippen LogP contribution in [0.3, 0.4) is 0 Å². The van der Waals surface area contributed by atoms with Gasteiger partial charge in [-0.15, -0.1) is 0 Å². The largest absolute Gasteiger partial charge is 0.410 e. The van der Waals surface area contributed by atoms with E-state index < -0.39 is 0 Å². The summed E-state index contributed by atoms with van der Waals surface area (Å²) < 4.78 is 5.21. The Kier molecular flexibility index (Phi) is 2.70. The summed E-state index contributed by atoms with van der Waals surface area (Å²) in [6, 6.07) is 8.22. The molecule has 0 aliphatic rings. The van der Waals surface area contributed by atoms with Crippen molar-refractivity contribution in [1.82, 2.24) is 0 Å². The Balaban J connectivity index is 3.10. The highest BCUT2D eigenvalue weighted by molar-refractivity contribution is 5.98. The Hall–Kier alpha value is -0.603. The molecule has 0 N–H and O–H groups in total. The van der Waals surface area contributed by atoms with Crippen LogP contribution in [0.4, 0.5) is 0 Å². The van der Waals surface area contributed by atoms with Gasteiger partial charge in [0.1, 0.15) is 0 Å². The highest BCUT2D eigenvalue weighted by Gasteiger charge is 2.19. The number of hydrogen-bond donors (Lipinski definition) is 0. The minimum Gasteiger partial charge on any atom is -0.410 e. The van der Waals surface area contributed by atoms with Gasteiger partial charge in [0.2, 0.25) is 10.5 Å². The fraction of sp³-hybridized carbons (Fsp3) is 0.400. The first-order valence-electron chi connectivity index (χ1n) is 3.99. The molecule has 3 radical (unpaired) electrons. The van der Waals surface area contributed by atoms with Crippen molar-refractivity contribution in [3.05, 3.63) is 35.4 Å². The monoisotopic (exact) mass is 177 g/mol. The molecule has 1 rings (SSSR count). The van der Waals surface area contributed by atoms with Crippen molar-refractivity contribution in [2.24, 2.45) is 0 Å². The molecule has 0 aliphatic carbocycles. The Morgan fingerprint density at radius 2 is 1.83 bits per heavy atom. The molecule has 0 saturated carbocycles. The molecule has 2 heteroatoms. The number of rotatable bonds is 2. The standard InChI is InChI=1S/C10H13OSi/c1-8-6-4-5-7-9(8)10(2,3)11-12/h4-7H,1-3H3. The lowest BCUT2D eigenvalue weighted by Gasteiger charge is -2.25. The normalized spacial score (nSPS) is 11.7. The first kappa shape index (κ1) is 9.48. The van der Waals surface area contributed by atoms with Gasteiger partial charge in [-0.2, -0.15) is 0 Å². The van der Waals surface area contributed by atoms with Gasteiger partial charge in [0.25, 0.3) is 0 Å². The summed E-state index contributed by atoms with van der Waals surface area (Å²) in [5, 5.41) is 0. The van der Waals surface area contributed by atoms with Gasteiger partial charge < -0.3 is 4.43 Å². The molecule has 63 valence electrons. The van der Waals surface area contributed by atoms with Crippen LogP contribution in [-0.2, 0) is 10.0 Å². The van der Waals surface area contributed by atoms with E-state index in [9.17, 15) is 0 Å². The van der Waals surface area contributed by atoms with Gasteiger partial charge in [0.15, 0.2) is 0 Å². The highest BCUT2D eigenvalue weighted by atomic mass is 28.2. The summed E-state index contributed by atoms with van der Waals surface area (Å²) in [7, 11) is 3.09. The van der Waals surface area contributed by atoms with Gasteiger partial charge in [0.05, 0.1) is 5.60 Å². The lowest BCUT2D eigenvalue weighted by molar-refractivity contribution is 0.123. The SMILES string of the molecule is Cc1ccccc1C(C)(C)O[Si]. The topological polar surface area (TPSA) is 9.23 Å². The van der Waals surface area contributed by atoms with E-state index in [1.807, 2.05) is 26.0 Å². The second kappa shape index (κ2) is 3.41. The summed E-state index contributed by atoms with van der Waals surface area (Å²) in [6.07, 6.45) is 0. The summed E-state index contributed by atoms with van der Waals surface area (Å²) in [5.74, 6) is 0. The van der Waals surface area contributed by atoms with E-state index in [0.717, 1.165) is 0 Å². The fourth-order valence-electron chi connectivity index (χ4n) is 1.30. The zero-order chi connectivity index (χ0) is 9.19. The zero-order valence-corrected chi connectivity index (χ0v) is 8.72. The molecular formula is C10H13OSi. The van der Waals surface area contributed by atoms with Crippen LogP contribution in [0.15, 0.2) is 24.3 Å². The van der Waals surface area contributed by atoms with Crippen LogP contribution in [0.25, 0.3) is 0 Å². The zero-order valence-electron chi connectivity index (χ0n) is 7.72. The van der Waals surface area contributed by atoms with Gasteiger partial charge in [0, 0.05) is 0 Å². The Morgan fingerprint density at radius 1 is 1.25 bits per heavy atom. The van der Waals surface area contributed by atoms with E-state index >= 15 is 0 Å². The molecule has 1 nitrogen and oxygen atoms in total. The molecule has 1 aromatic carbocycles. The Morgan fingerprint density at radius 3 is 2.33 bits per heavy atom. The van der Waals surface area contributed by atoms with Gasteiger partial charge in [-0.25, -0.2) is 0 Å². The van der Waals surface area contributed by atoms with E-state index in [4.69, 9.17) is 4.43 Å². The van der Waals surface area contributed by atoms with Crippen molar-refractivity contribution in [3.8, 4) is 0 Å². The van der Waals surface area contributed by atoms with E-state index in [0.29, 0.717) is 0 Å². The molecule has 0 fully saturated rings. The van der Waals surface area contributed by atoms with Crippen molar-refractivity contribution >= 4 is 10.5 Å². The average molecular weight is 177 g/mol. The summed E-state index contributed by atoms with van der Waals surface area (Å²) >= 11 is 0. The van der Waals surface area contributed by atoms with Crippen LogP contribution in [0.2, 0.25) is 0 Å². The maximum Gasteiger partial charge on any atom is 0.247 e. The van der Waals surface area contributed by atoms with E-state index in [1.54, 1.807) is 0 Å². The second-order valence-electron chi connectivity index (χ2n) is 3.43. The fourth-order valence-corrected chi connectivity index (χ4v) is 1.41. The van der Waals surface area contributed by atoms with Crippen LogP contribution in [0, 0.1) is 6.92 Å². The third kappa shape index (κ3) is 1.76. The van der Waals surface area contributed by atoms with Crippen molar-refractivity contribution in [2.45, 2.75) is 26.4 Å². The first-order valence-corrected chi connectivity index (χ1v) is 4.39. The van der Waals surface area contributed by atoms with Crippen molar-refractivity contribution in [2.75, 3.05) is 0 Å². The summed E-state index contributed by atoms with van der Waals surface area (Å²) in [5.41, 5.74) is 2.20. The molecule has 0 heterocycles. The van der Waals surface area contributed by atoms with E-state index in [-0.39, 0.29) is 5.60 Å². The van der Waals surface area contributed by atoms with Crippen LogP contribution in [0.5, 0.6) is 0 Å². The smallest absolute Gasteiger partial charge is 0.247 e.